The summed E-state index contributed by atoms with van der Waals surface area (Å²) in [5.41, 5.74) is 2.79. The molecule has 2 aromatic carbocycles. The minimum absolute atomic E-state index is 0.123. The number of rotatable bonds is 4. The SMILES string of the molecule is COc1ccc2c(c1)[C@@H](NC(=O)/C=C/c1ccc(C)cc1)CC(C)(C)O2. The van der Waals surface area contributed by atoms with Crippen LogP contribution in [0.2, 0.25) is 0 Å². The zero-order chi connectivity index (χ0) is 18.7. The molecule has 1 heterocycles. The van der Waals surface area contributed by atoms with Crippen molar-refractivity contribution in [1.29, 1.82) is 0 Å². The lowest BCUT2D eigenvalue weighted by atomic mass is 9.89. The molecule has 26 heavy (non-hydrogen) atoms. The summed E-state index contributed by atoms with van der Waals surface area (Å²) in [4.78, 5) is 12.5. The van der Waals surface area contributed by atoms with Gasteiger partial charge < -0.3 is 14.8 Å². The van der Waals surface area contributed by atoms with Crippen LogP contribution in [-0.2, 0) is 4.79 Å². The van der Waals surface area contributed by atoms with Gasteiger partial charge in [0.15, 0.2) is 0 Å². The molecule has 0 bridgehead atoms. The van der Waals surface area contributed by atoms with E-state index < -0.39 is 0 Å². The van der Waals surface area contributed by atoms with E-state index in [0.29, 0.717) is 6.42 Å². The number of methoxy groups -OCH3 is 1. The first-order chi connectivity index (χ1) is 12.4. The maximum absolute atomic E-state index is 12.5. The number of carbonyl (C=O) groups excluding carboxylic acids is 1. The molecule has 1 aliphatic heterocycles. The van der Waals surface area contributed by atoms with Gasteiger partial charge in [0.25, 0.3) is 0 Å². The molecule has 0 radical (unpaired) electrons. The summed E-state index contributed by atoms with van der Waals surface area (Å²) in [7, 11) is 1.63. The fraction of sp³-hybridized carbons (Fsp3) is 0.318. The second-order valence-corrected chi connectivity index (χ2v) is 7.27. The van der Waals surface area contributed by atoms with E-state index in [4.69, 9.17) is 9.47 Å². The molecule has 1 aliphatic rings. The molecule has 0 aliphatic carbocycles. The van der Waals surface area contributed by atoms with E-state index in [1.54, 1.807) is 13.2 Å². The van der Waals surface area contributed by atoms with Crippen molar-refractivity contribution in [3.63, 3.8) is 0 Å². The standard InChI is InChI=1S/C22H25NO3/c1-15-5-7-16(8-6-15)9-12-21(24)23-19-14-22(2,3)26-20-11-10-17(25-4)13-18(19)20/h5-13,19H,14H2,1-4H3,(H,23,24)/b12-9+/t19-/m0/s1. The van der Waals surface area contributed by atoms with Gasteiger partial charge in [-0.05, 0) is 50.6 Å². The topological polar surface area (TPSA) is 47.6 Å². The number of fused-ring (bicyclic) bond motifs is 1. The Morgan fingerprint density at radius 3 is 2.65 bits per heavy atom. The highest BCUT2D eigenvalue weighted by Gasteiger charge is 2.34. The maximum Gasteiger partial charge on any atom is 0.244 e. The summed E-state index contributed by atoms with van der Waals surface area (Å²) >= 11 is 0. The number of ether oxygens (including phenoxy) is 2. The van der Waals surface area contributed by atoms with E-state index in [1.165, 1.54) is 5.56 Å². The molecule has 0 spiro atoms. The summed E-state index contributed by atoms with van der Waals surface area (Å²) in [6.07, 6.45) is 4.09. The quantitative estimate of drug-likeness (QED) is 0.829. The molecule has 136 valence electrons. The second kappa shape index (κ2) is 7.24. The maximum atomic E-state index is 12.5. The molecule has 1 amide bonds. The van der Waals surface area contributed by atoms with Crippen molar-refractivity contribution in [1.82, 2.24) is 5.32 Å². The number of aryl methyl sites for hydroxylation is 1. The van der Waals surface area contributed by atoms with Crippen molar-refractivity contribution >= 4 is 12.0 Å². The van der Waals surface area contributed by atoms with Gasteiger partial charge in [-0.25, -0.2) is 0 Å². The van der Waals surface area contributed by atoms with Crippen molar-refractivity contribution < 1.29 is 14.3 Å². The fourth-order valence-corrected chi connectivity index (χ4v) is 3.16. The molecule has 0 aromatic heterocycles. The molecule has 1 atom stereocenters. The first-order valence-corrected chi connectivity index (χ1v) is 8.78. The van der Waals surface area contributed by atoms with E-state index in [2.05, 4.69) is 5.32 Å². The van der Waals surface area contributed by atoms with Crippen LogP contribution >= 0.6 is 0 Å². The van der Waals surface area contributed by atoms with Crippen LogP contribution in [0, 0.1) is 6.92 Å². The van der Waals surface area contributed by atoms with Gasteiger partial charge in [0, 0.05) is 18.1 Å². The largest absolute Gasteiger partial charge is 0.497 e. The first-order valence-electron chi connectivity index (χ1n) is 8.78. The van der Waals surface area contributed by atoms with E-state index in [0.717, 1.165) is 22.6 Å². The van der Waals surface area contributed by atoms with E-state index >= 15 is 0 Å². The minimum Gasteiger partial charge on any atom is -0.497 e. The number of hydrogen-bond acceptors (Lipinski definition) is 3. The Bertz CT molecular complexity index is 822. The normalized spacial score (nSPS) is 18.1. The first kappa shape index (κ1) is 18.1. The zero-order valence-corrected chi connectivity index (χ0v) is 15.7. The van der Waals surface area contributed by atoms with Gasteiger partial charge >= 0.3 is 0 Å². The fourth-order valence-electron chi connectivity index (χ4n) is 3.16. The van der Waals surface area contributed by atoms with Crippen molar-refractivity contribution in [2.45, 2.75) is 38.8 Å². The van der Waals surface area contributed by atoms with Crippen molar-refractivity contribution in [2.75, 3.05) is 7.11 Å². The molecule has 0 saturated carbocycles. The predicted octanol–water partition coefficient (Wildman–Crippen LogP) is 4.44. The molecule has 4 heteroatoms. The van der Waals surface area contributed by atoms with Gasteiger partial charge in [-0.1, -0.05) is 29.8 Å². The molecule has 0 fully saturated rings. The van der Waals surface area contributed by atoms with Crippen LogP contribution in [0.25, 0.3) is 6.08 Å². The van der Waals surface area contributed by atoms with E-state index in [-0.39, 0.29) is 17.6 Å². The van der Waals surface area contributed by atoms with Crippen LogP contribution in [0.4, 0.5) is 0 Å². The van der Waals surface area contributed by atoms with Crippen molar-refractivity contribution in [2.24, 2.45) is 0 Å². The van der Waals surface area contributed by atoms with E-state index in [9.17, 15) is 4.79 Å². The minimum atomic E-state index is -0.347. The molecule has 4 nitrogen and oxygen atoms in total. The lowest BCUT2D eigenvalue weighted by Gasteiger charge is -2.37. The lowest BCUT2D eigenvalue weighted by molar-refractivity contribution is -0.117. The van der Waals surface area contributed by atoms with Gasteiger partial charge in [0.1, 0.15) is 17.1 Å². The van der Waals surface area contributed by atoms with Crippen LogP contribution in [0.15, 0.2) is 48.5 Å². The Kier molecular flexibility index (Phi) is 5.03. The molecular formula is C22H25NO3. The monoisotopic (exact) mass is 351 g/mol. The third-order valence-electron chi connectivity index (χ3n) is 4.50. The summed E-state index contributed by atoms with van der Waals surface area (Å²) in [6, 6.07) is 13.6. The Balaban J connectivity index is 1.78. The highest BCUT2D eigenvalue weighted by atomic mass is 16.5. The Hall–Kier alpha value is -2.75. The van der Waals surface area contributed by atoms with Gasteiger partial charge in [-0.15, -0.1) is 0 Å². The molecular weight excluding hydrogens is 326 g/mol. The number of amides is 1. The summed E-state index contributed by atoms with van der Waals surface area (Å²) in [5.74, 6) is 1.42. The van der Waals surface area contributed by atoms with Crippen LogP contribution in [0.3, 0.4) is 0 Å². The third-order valence-corrected chi connectivity index (χ3v) is 4.50. The molecule has 0 unspecified atom stereocenters. The van der Waals surface area contributed by atoms with Crippen LogP contribution in [0.1, 0.15) is 43.0 Å². The van der Waals surface area contributed by atoms with Gasteiger partial charge in [0.05, 0.1) is 13.2 Å². The Morgan fingerprint density at radius 2 is 1.96 bits per heavy atom. The van der Waals surface area contributed by atoms with Crippen LogP contribution in [0.5, 0.6) is 11.5 Å². The third kappa shape index (κ3) is 4.26. The Labute approximate surface area is 154 Å². The number of carbonyl (C=O) groups is 1. The summed E-state index contributed by atoms with van der Waals surface area (Å²) in [6.45, 7) is 6.10. The van der Waals surface area contributed by atoms with E-state index in [1.807, 2.05) is 69.3 Å². The Morgan fingerprint density at radius 1 is 1.23 bits per heavy atom. The average Bonchev–Trinajstić information content (AvgIpc) is 2.60. The zero-order valence-electron chi connectivity index (χ0n) is 15.7. The van der Waals surface area contributed by atoms with Crippen LogP contribution < -0.4 is 14.8 Å². The number of benzene rings is 2. The smallest absolute Gasteiger partial charge is 0.244 e. The van der Waals surface area contributed by atoms with Crippen molar-refractivity contribution in [3.8, 4) is 11.5 Å². The van der Waals surface area contributed by atoms with Gasteiger partial charge in [-0.2, -0.15) is 0 Å². The highest BCUT2D eigenvalue weighted by Crippen LogP contribution is 2.41. The lowest BCUT2D eigenvalue weighted by Crippen LogP contribution is -2.40. The molecule has 3 rings (SSSR count). The van der Waals surface area contributed by atoms with Gasteiger partial charge in [-0.3, -0.25) is 4.79 Å². The highest BCUT2D eigenvalue weighted by molar-refractivity contribution is 5.92. The number of hydrogen-bond donors (Lipinski definition) is 1. The van der Waals surface area contributed by atoms with Crippen LogP contribution in [-0.4, -0.2) is 18.6 Å². The van der Waals surface area contributed by atoms with Crippen molar-refractivity contribution in [3.05, 3.63) is 65.2 Å². The summed E-state index contributed by atoms with van der Waals surface area (Å²) in [5, 5.41) is 3.10. The molecule has 1 N–H and O–H groups in total. The second-order valence-electron chi connectivity index (χ2n) is 7.27. The average molecular weight is 351 g/mol. The van der Waals surface area contributed by atoms with Gasteiger partial charge in [0.2, 0.25) is 5.91 Å². The molecule has 0 saturated heterocycles. The predicted molar refractivity (Wildman–Crippen MR) is 103 cm³/mol. The number of nitrogens with one attached hydrogen (secondary N) is 1. The molecule has 2 aromatic rings. The summed E-state index contributed by atoms with van der Waals surface area (Å²) < 4.78 is 11.4.